The summed E-state index contributed by atoms with van der Waals surface area (Å²) in [6.07, 6.45) is 1.43. The summed E-state index contributed by atoms with van der Waals surface area (Å²) in [5, 5.41) is 23.1. The number of benzene rings is 1. The molecular formula is C24H33IN2O7. The summed E-state index contributed by atoms with van der Waals surface area (Å²) >= 11 is 2.15. The van der Waals surface area contributed by atoms with Gasteiger partial charge in [-0.05, 0) is 60.6 Å². The number of carbonyl (C=O) groups excluding carboxylic acids is 2. The summed E-state index contributed by atoms with van der Waals surface area (Å²) < 4.78 is 18.1. The van der Waals surface area contributed by atoms with Crippen LogP contribution in [0.2, 0.25) is 0 Å². The average molecular weight is 588 g/mol. The van der Waals surface area contributed by atoms with Gasteiger partial charge in [0.2, 0.25) is 11.8 Å². The van der Waals surface area contributed by atoms with Crippen molar-refractivity contribution in [2.24, 2.45) is 0 Å². The number of para-hydroxylation sites is 1. The Morgan fingerprint density at radius 3 is 2.79 bits per heavy atom. The van der Waals surface area contributed by atoms with Gasteiger partial charge in [-0.2, -0.15) is 0 Å². The highest BCUT2D eigenvalue weighted by atomic mass is 127. The molecule has 4 atom stereocenters. The van der Waals surface area contributed by atoms with Crippen LogP contribution in [0.4, 0.5) is 0 Å². The lowest BCUT2D eigenvalue weighted by atomic mass is 9.88. The molecule has 2 amide bonds. The van der Waals surface area contributed by atoms with Crippen molar-refractivity contribution in [1.29, 1.82) is 0 Å². The first-order valence-electron chi connectivity index (χ1n) is 11.6. The van der Waals surface area contributed by atoms with Crippen LogP contribution in [0.25, 0.3) is 0 Å². The van der Waals surface area contributed by atoms with Crippen molar-refractivity contribution in [1.82, 2.24) is 10.2 Å². The minimum Gasteiger partial charge on any atom is -0.482 e. The second kappa shape index (κ2) is 13.4. The van der Waals surface area contributed by atoms with E-state index in [4.69, 9.17) is 19.3 Å². The highest BCUT2D eigenvalue weighted by molar-refractivity contribution is 14.1. The quantitative estimate of drug-likeness (QED) is 0.334. The number of aliphatic hydroxyl groups is 2. The number of hydrogen-bond acceptors (Lipinski definition) is 7. The number of nitrogens with one attached hydrogen (secondary N) is 1. The maximum Gasteiger partial charge on any atom is 0.249 e. The Bertz CT molecular complexity index is 859. The molecule has 188 valence electrons. The summed E-state index contributed by atoms with van der Waals surface area (Å²) in [5.41, 5.74) is 0.390. The molecule has 1 aliphatic carbocycles. The predicted molar refractivity (Wildman–Crippen MR) is 133 cm³/mol. The highest BCUT2D eigenvalue weighted by Crippen LogP contribution is 2.30. The minimum absolute atomic E-state index is 0.106. The predicted octanol–water partition coefficient (Wildman–Crippen LogP) is 1.25. The molecule has 0 radical (unpaired) electrons. The van der Waals surface area contributed by atoms with Gasteiger partial charge < -0.3 is 34.6 Å². The van der Waals surface area contributed by atoms with Crippen LogP contribution in [0.5, 0.6) is 5.75 Å². The molecule has 0 unspecified atom stereocenters. The van der Waals surface area contributed by atoms with Gasteiger partial charge in [0.15, 0.2) is 0 Å². The van der Waals surface area contributed by atoms with Crippen molar-refractivity contribution in [2.45, 2.75) is 50.5 Å². The summed E-state index contributed by atoms with van der Waals surface area (Å²) in [6.45, 7) is 2.93. The third kappa shape index (κ3) is 7.14. The number of ether oxygens (including phenoxy) is 3. The van der Waals surface area contributed by atoms with Gasteiger partial charge in [0.25, 0.3) is 0 Å². The molecule has 1 saturated heterocycles. The molecule has 1 aromatic rings. The molecule has 1 heterocycles. The second-order valence-electron chi connectivity index (χ2n) is 8.26. The number of halogens is 1. The largest absolute Gasteiger partial charge is 0.482 e. The molecule has 1 fully saturated rings. The first kappa shape index (κ1) is 26.9. The number of nitrogens with zero attached hydrogens (tertiary/aromatic N) is 1. The van der Waals surface area contributed by atoms with Crippen molar-refractivity contribution >= 4 is 34.4 Å². The zero-order valence-electron chi connectivity index (χ0n) is 19.3. The number of hydrogen-bond donors (Lipinski definition) is 3. The van der Waals surface area contributed by atoms with E-state index in [0.717, 1.165) is 16.4 Å². The van der Waals surface area contributed by atoms with Gasteiger partial charge in [-0.25, -0.2) is 0 Å². The van der Waals surface area contributed by atoms with Crippen LogP contribution in [-0.2, 0) is 19.1 Å². The first-order chi connectivity index (χ1) is 16.4. The van der Waals surface area contributed by atoms with Crippen LogP contribution < -0.4 is 10.1 Å². The van der Waals surface area contributed by atoms with E-state index in [0.29, 0.717) is 31.1 Å². The van der Waals surface area contributed by atoms with Gasteiger partial charge >= 0.3 is 0 Å². The molecular weight excluding hydrogens is 555 g/mol. The summed E-state index contributed by atoms with van der Waals surface area (Å²) in [5.74, 6) is -0.0615. The Labute approximate surface area is 213 Å². The SMILES string of the molecule is CCOCC(=O)N(C[C@@H]1CCCO1)[C@@H]1CC(C(=O)NCCO)=C[C@H](Oc2ccccc2I)[C@H]1O. The number of amides is 2. The maximum absolute atomic E-state index is 13.1. The van der Waals surface area contributed by atoms with Crippen LogP contribution in [0, 0.1) is 3.57 Å². The maximum atomic E-state index is 13.1. The fourth-order valence-corrected chi connectivity index (χ4v) is 4.68. The van der Waals surface area contributed by atoms with E-state index >= 15 is 0 Å². The van der Waals surface area contributed by atoms with Crippen LogP contribution in [-0.4, -0.2) is 90.8 Å². The van der Waals surface area contributed by atoms with E-state index in [2.05, 4.69) is 27.9 Å². The Morgan fingerprint density at radius 1 is 1.32 bits per heavy atom. The fourth-order valence-electron chi connectivity index (χ4n) is 4.17. The van der Waals surface area contributed by atoms with E-state index in [9.17, 15) is 14.7 Å². The highest BCUT2D eigenvalue weighted by Gasteiger charge is 2.41. The summed E-state index contributed by atoms with van der Waals surface area (Å²) in [4.78, 5) is 27.5. The minimum atomic E-state index is -1.07. The smallest absolute Gasteiger partial charge is 0.249 e. The summed E-state index contributed by atoms with van der Waals surface area (Å²) in [6, 6.07) is 6.69. The van der Waals surface area contributed by atoms with Gasteiger partial charge in [-0.1, -0.05) is 12.1 Å². The number of rotatable bonds is 11. The van der Waals surface area contributed by atoms with E-state index in [1.165, 1.54) is 0 Å². The molecule has 1 aromatic carbocycles. The zero-order valence-corrected chi connectivity index (χ0v) is 21.5. The van der Waals surface area contributed by atoms with Crippen molar-refractivity contribution in [3.8, 4) is 5.75 Å². The second-order valence-corrected chi connectivity index (χ2v) is 9.43. The Balaban J connectivity index is 1.90. The topological polar surface area (TPSA) is 118 Å². The zero-order chi connectivity index (χ0) is 24.5. The van der Waals surface area contributed by atoms with Crippen molar-refractivity contribution < 1.29 is 34.0 Å². The third-order valence-electron chi connectivity index (χ3n) is 5.89. The fraction of sp³-hybridized carbons (Fsp3) is 0.583. The van der Waals surface area contributed by atoms with Crippen molar-refractivity contribution in [2.75, 3.05) is 39.5 Å². The molecule has 0 saturated carbocycles. The van der Waals surface area contributed by atoms with Gasteiger partial charge in [-0.3, -0.25) is 9.59 Å². The van der Waals surface area contributed by atoms with E-state index in [-0.39, 0.29) is 44.1 Å². The van der Waals surface area contributed by atoms with Crippen molar-refractivity contribution in [3.63, 3.8) is 0 Å². The number of carbonyl (C=O) groups is 2. The average Bonchev–Trinajstić information content (AvgIpc) is 3.35. The van der Waals surface area contributed by atoms with Crippen LogP contribution in [0.1, 0.15) is 26.2 Å². The lowest BCUT2D eigenvalue weighted by Crippen LogP contribution is -2.57. The lowest BCUT2D eigenvalue weighted by Gasteiger charge is -2.41. The van der Waals surface area contributed by atoms with E-state index < -0.39 is 18.2 Å². The molecule has 3 rings (SSSR count). The van der Waals surface area contributed by atoms with Crippen LogP contribution in [0.15, 0.2) is 35.9 Å². The monoisotopic (exact) mass is 588 g/mol. The van der Waals surface area contributed by atoms with Gasteiger partial charge in [0, 0.05) is 38.3 Å². The van der Waals surface area contributed by atoms with E-state index in [1.54, 1.807) is 17.0 Å². The molecule has 1 aliphatic heterocycles. The summed E-state index contributed by atoms with van der Waals surface area (Å²) in [7, 11) is 0. The standard InChI is InChI=1S/C24H33IN2O7/c1-2-32-15-22(29)27(14-17-6-5-11-33-17)19-12-16(24(31)26-9-10-28)13-21(23(19)30)34-20-8-4-3-7-18(20)25/h3-4,7-8,13,17,19,21,23,28,30H,2,5-6,9-12,14-15H2,1H3,(H,26,31)/t17-,19+,21-,23-/m0/s1. The molecule has 3 N–H and O–H groups in total. The Morgan fingerprint density at radius 2 is 2.12 bits per heavy atom. The van der Waals surface area contributed by atoms with Crippen molar-refractivity contribution in [3.05, 3.63) is 39.5 Å². The number of aliphatic hydroxyl groups excluding tert-OH is 2. The lowest BCUT2D eigenvalue weighted by molar-refractivity contribution is -0.145. The first-order valence-corrected chi connectivity index (χ1v) is 12.7. The molecule has 0 aromatic heterocycles. The third-order valence-corrected chi connectivity index (χ3v) is 6.78. The van der Waals surface area contributed by atoms with Gasteiger partial charge in [0.1, 0.15) is 24.6 Å². The van der Waals surface area contributed by atoms with Crippen LogP contribution in [0.3, 0.4) is 0 Å². The van der Waals surface area contributed by atoms with Crippen LogP contribution >= 0.6 is 22.6 Å². The van der Waals surface area contributed by atoms with E-state index in [1.807, 2.05) is 25.1 Å². The molecule has 0 spiro atoms. The molecule has 34 heavy (non-hydrogen) atoms. The molecule has 0 bridgehead atoms. The van der Waals surface area contributed by atoms with Gasteiger partial charge in [0.05, 0.1) is 22.3 Å². The normalized spacial score (nSPS) is 24.4. The Hall–Kier alpha value is -1.73. The van der Waals surface area contributed by atoms with Gasteiger partial charge in [-0.15, -0.1) is 0 Å². The molecule has 2 aliphatic rings. The molecule has 9 nitrogen and oxygen atoms in total. The molecule has 10 heteroatoms. The Kier molecular flexibility index (Phi) is 10.6.